The zero-order chi connectivity index (χ0) is 21.8. The van der Waals surface area contributed by atoms with E-state index in [1.54, 1.807) is 18.6 Å². The second kappa shape index (κ2) is 7.89. The van der Waals surface area contributed by atoms with Gasteiger partial charge in [-0.05, 0) is 24.5 Å². The predicted molar refractivity (Wildman–Crippen MR) is 113 cm³/mol. The number of halogens is 3. The first-order valence-electron chi connectivity index (χ1n) is 9.94. The number of H-pyrrole nitrogens is 1. The number of rotatable bonds is 5. The quantitative estimate of drug-likeness (QED) is 0.475. The number of hydrogen-bond donors (Lipinski definition) is 2. The lowest BCUT2D eigenvalue weighted by Crippen LogP contribution is -2.24. The molecule has 1 aliphatic heterocycles. The Morgan fingerprint density at radius 2 is 2.27 bits per heavy atom. The standard InChI is InChI=1S/C18H18F2N8S.ClH/c1-11-8-28-14(12-5-22-23-6-12)7-21-17(28)16(24-11)25-15-4-13(26-29-15)9-27-3-2-18(19,20)10-27;/h4-8H,2-3,9-10H2,1H3,(H,22,23)(H,24,25);1H/i9D2;. The molecule has 0 spiro atoms. The summed E-state index contributed by atoms with van der Waals surface area (Å²) in [5, 5.41) is 10.4. The SMILES string of the molecule is Cl.[2H]C([2H])(c1cc(Nc2nc(C)cn3c(-c4cn[nH]c4)cnc23)sn1)N1CCC(F)(F)C1. The van der Waals surface area contributed by atoms with Crippen LogP contribution >= 0.6 is 23.9 Å². The highest BCUT2D eigenvalue weighted by Crippen LogP contribution is 2.30. The van der Waals surface area contributed by atoms with Crippen LogP contribution in [-0.4, -0.2) is 52.9 Å². The molecule has 2 N–H and O–H groups in total. The molecule has 5 heterocycles. The minimum Gasteiger partial charge on any atom is -0.328 e. The third kappa shape index (κ3) is 4.00. The number of aromatic nitrogens is 6. The first-order valence-corrected chi connectivity index (χ1v) is 9.71. The maximum Gasteiger partial charge on any atom is 0.261 e. The van der Waals surface area contributed by atoms with Crippen molar-refractivity contribution in [3.05, 3.63) is 42.2 Å². The fraction of sp³-hybridized carbons (Fsp3) is 0.333. The molecule has 158 valence electrons. The molecule has 5 rings (SSSR count). The number of imidazole rings is 1. The molecular weight excluding hydrogens is 434 g/mol. The van der Waals surface area contributed by atoms with Gasteiger partial charge < -0.3 is 5.32 Å². The molecule has 1 aliphatic rings. The molecule has 0 amide bonds. The predicted octanol–water partition coefficient (Wildman–Crippen LogP) is 3.89. The van der Waals surface area contributed by atoms with Crippen LogP contribution in [-0.2, 0) is 6.50 Å². The molecule has 0 aromatic carbocycles. The van der Waals surface area contributed by atoms with Gasteiger partial charge in [-0.2, -0.15) is 9.47 Å². The number of anilines is 2. The summed E-state index contributed by atoms with van der Waals surface area (Å²) in [5.74, 6) is -2.40. The third-order valence-corrected chi connectivity index (χ3v) is 5.31. The molecule has 1 fully saturated rings. The van der Waals surface area contributed by atoms with Crippen molar-refractivity contribution in [2.24, 2.45) is 0 Å². The number of aromatic amines is 1. The van der Waals surface area contributed by atoms with Crippen LogP contribution in [0.5, 0.6) is 0 Å². The Morgan fingerprint density at radius 3 is 3.00 bits per heavy atom. The third-order valence-electron chi connectivity index (χ3n) is 4.60. The smallest absolute Gasteiger partial charge is 0.261 e. The van der Waals surface area contributed by atoms with Crippen LogP contribution in [0.1, 0.15) is 20.6 Å². The fourth-order valence-corrected chi connectivity index (χ4v) is 3.89. The Hall–Kier alpha value is -2.63. The van der Waals surface area contributed by atoms with Crippen molar-refractivity contribution in [2.45, 2.75) is 25.8 Å². The lowest BCUT2D eigenvalue weighted by atomic mass is 10.3. The van der Waals surface area contributed by atoms with Crippen molar-refractivity contribution in [3.63, 3.8) is 0 Å². The maximum absolute atomic E-state index is 13.6. The van der Waals surface area contributed by atoms with Crippen molar-refractivity contribution in [1.29, 1.82) is 0 Å². The lowest BCUT2D eigenvalue weighted by Gasteiger charge is -2.13. The van der Waals surface area contributed by atoms with Gasteiger partial charge in [-0.15, -0.1) is 12.4 Å². The van der Waals surface area contributed by atoms with Gasteiger partial charge in [0.15, 0.2) is 11.5 Å². The van der Waals surface area contributed by atoms with Gasteiger partial charge in [0.25, 0.3) is 5.92 Å². The van der Waals surface area contributed by atoms with Gasteiger partial charge in [0.2, 0.25) is 0 Å². The Kier molecular flexibility index (Phi) is 4.78. The number of likely N-dealkylation sites (tertiary alicyclic amines) is 1. The molecule has 8 nitrogen and oxygen atoms in total. The van der Waals surface area contributed by atoms with Crippen LogP contribution in [0.25, 0.3) is 16.9 Å². The molecule has 4 aromatic rings. The number of fused-ring (bicyclic) bond motifs is 1. The van der Waals surface area contributed by atoms with Crippen LogP contribution in [0.3, 0.4) is 0 Å². The van der Waals surface area contributed by atoms with Crippen molar-refractivity contribution in [2.75, 3.05) is 18.4 Å². The van der Waals surface area contributed by atoms with Crippen molar-refractivity contribution < 1.29 is 11.5 Å². The average molecular weight is 455 g/mol. The normalized spacial score (nSPS) is 17.6. The van der Waals surface area contributed by atoms with Crippen molar-refractivity contribution in [3.8, 4) is 11.3 Å². The van der Waals surface area contributed by atoms with Gasteiger partial charge >= 0.3 is 0 Å². The number of alkyl halides is 2. The molecule has 0 aliphatic carbocycles. The van der Waals surface area contributed by atoms with Crippen LogP contribution < -0.4 is 5.32 Å². The van der Waals surface area contributed by atoms with E-state index in [0.29, 0.717) is 16.5 Å². The summed E-state index contributed by atoms with van der Waals surface area (Å²) < 4.78 is 49.8. The first-order chi connectivity index (χ1) is 14.7. The zero-order valence-corrected chi connectivity index (χ0v) is 17.4. The molecule has 1 saturated heterocycles. The number of hydrogen-bond acceptors (Lipinski definition) is 7. The van der Waals surface area contributed by atoms with Gasteiger partial charge in [0.1, 0.15) is 5.00 Å². The molecule has 12 heteroatoms. The van der Waals surface area contributed by atoms with Gasteiger partial charge in [-0.3, -0.25) is 14.4 Å². The summed E-state index contributed by atoms with van der Waals surface area (Å²) in [6.45, 7) is -0.877. The summed E-state index contributed by atoms with van der Waals surface area (Å²) in [7, 11) is 0. The topological polar surface area (TPSA) is 87.0 Å². The molecular formula is C18H19ClF2N8S. The molecule has 0 radical (unpaired) electrons. The monoisotopic (exact) mass is 454 g/mol. The van der Waals surface area contributed by atoms with Crippen LogP contribution in [0.2, 0.25) is 0 Å². The van der Waals surface area contributed by atoms with E-state index < -0.39 is 19.0 Å². The second-order valence-electron chi connectivity index (χ2n) is 6.90. The highest BCUT2D eigenvalue weighted by molar-refractivity contribution is 7.10. The largest absolute Gasteiger partial charge is 0.328 e. The van der Waals surface area contributed by atoms with Crippen molar-refractivity contribution in [1.82, 2.24) is 33.8 Å². The van der Waals surface area contributed by atoms with E-state index in [9.17, 15) is 8.78 Å². The van der Waals surface area contributed by atoms with Gasteiger partial charge in [0, 0.05) is 40.2 Å². The van der Waals surface area contributed by atoms with E-state index in [2.05, 4.69) is 29.9 Å². The molecule has 0 bridgehead atoms. The van der Waals surface area contributed by atoms with E-state index in [-0.39, 0.29) is 31.1 Å². The highest BCUT2D eigenvalue weighted by atomic mass is 35.5. The average Bonchev–Trinajstić information content (AvgIpc) is 3.47. The Balaban J connectivity index is 0.00000245. The van der Waals surface area contributed by atoms with Crippen LogP contribution in [0, 0.1) is 6.92 Å². The van der Waals surface area contributed by atoms with Gasteiger partial charge in [-0.1, -0.05) is 0 Å². The Bertz CT molecular complexity index is 1240. The molecule has 0 unspecified atom stereocenters. The molecule has 0 atom stereocenters. The number of nitrogens with zero attached hydrogens (tertiary/aromatic N) is 6. The van der Waals surface area contributed by atoms with E-state index in [4.69, 9.17) is 2.74 Å². The van der Waals surface area contributed by atoms with Crippen LogP contribution in [0.4, 0.5) is 19.6 Å². The summed E-state index contributed by atoms with van der Waals surface area (Å²) in [6, 6.07) is 1.53. The number of aryl methyl sites for hydroxylation is 1. The number of nitrogens with one attached hydrogen (secondary N) is 2. The molecule has 4 aromatic heterocycles. The molecule has 0 saturated carbocycles. The first kappa shape index (κ1) is 18.2. The van der Waals surface area contributed by atoms with Gasteiger partial charge in [0.05, 0.1) is 36.0 Å². The van der Waals surface area contributed by atoms with Gasteiger partial charge in [-0.25, -0.2) is 18.7 Å². The van der Waals surface area contributed by atoms with E-state index in [1.165, 1.54) is 6.07 Å². The minimum absolute atomic E-state index is 0. The van der Waals surface area contributed by atoms with E-state index in [1.807, 2.05) is 17.5 Å². The minimum atomic E-state index is -2.88. The lowest BCUT2D eigenvalue weighted by molar-refractivity contribution is 0.0114. The summed E-state index contributed by atoms with van der Waals surface area (Å²) in [4.78, 5) is 10.1. The summed E-state index contributed by atoms with van der Waals surface area (Å²) in [6.07, 6.45) is 6.69. The Morgan fingerprint density at radius 1 is 1.40 bits per heavy atom. The maximum atomic E-state index is 13.6. The Labute approximate surface area is 183 Å². The fourth-order valence-electron chi connectivity index (χ4n) is 3.29. The summed E-state index contributed by atoms with van der Waals surface area (Å²) >= 11 is 1.04. The summed E-state index contributed by atoms with van der Waals surface area (Å²) in [5.41, 5.74) is 3.13. The second-order valence-corrected chi connectivity index (χ2v) is 7.70. The van der Waals surface area contributed by atoms with E-state index in [0.717, 1.165) is 33.4 Å². The molecule has 30 heavy (non-hydrogen) atoms. The zero-order valence-electron chi connectivity index (χ0n) is 17.8. The highest BCUT2D eigenvalue weighted by Gasteiger charge is 2.38. The van der Waals surface area contributed by atoms with Crippen LogP contribution in [0.15, 0.2) is 30.9 Å². The van der Waals surface area contributed by atoms with E-state index >= 15 is 0 Å². The van der Waals surface area contributed by atoms with Crippen molar-refractivity contribution >= 4 is 40.4 Å².